The lowest BCUT2D eigenvalue weighted by molar-refractivity contribution is 0.459. The van der Waals surface area contributed by atoms with Crippen LogP contribution in [0.3, 0.4) is 0 Å². The lowest BCUT2D eigenvalue weighted by atomic mass is 9.98. The molecule has 0 bridgehead atoms. The van der Waals surface area contributed by atoms with E-state index < -0.39 is 0 Å². The average molecular weight is 232 g/mol. The average Bonchev–Trinajstić information content (AvgIpc) is 2.52. The Hall–Kier alpha value is -1.18. The van der Waals surface area contributed by atoms with E-state index in [2.05, 4.69) is 30.9 Å². The summed E-state index contributed by atoms with van der Waals surface area (Å²) in [6, 6.07) is 6.40. The van der Waals surface area contributed by atoms with Gasteiger partial charge in [-0.1, -0.05) is 13.3 Å². The first-order chi connectivity index (χ1) is 8.19. The van der Waals surface area contributed by atoms with Crippen LogP contribution >= 0.6 is 0 Å². The third kappa shape index (κ3) is 3.15. The maximum absolute atomic E-state index is 5.93. The molecule has 2 heteroatoms. The molecule has 0 aliphatic carbocycles. The van der Waals surface area contributed by atoms with Gasteiger partial charge in [0.25, 0.3) is 0 Å². The summed E-state index contributed by atoms with van der Waals surface area (Å²) in [5.74, 6) is 0.919. The Morgan fingerprint density at radius 1 is 1.24 bits per heavy atom. The number of anilines is 2. The van der Waals surface area contributed by atoms with Gasteiger partial charge in [0.1, 0.15) is 0 Å². The van der Waals surface area contributed by atoms with Crippen LogP contribution in [-0.4, -0.2) is 13.1 Å². The van der Waals surface area contributed by atoms with Crippen molar-refractivity contribution in [1.82, 2.24) is 0 Å². The summed E-state index contributed by atoms with van der Waals surface area (Å²) >= 11 is 0. The Bertz CT molecular complexity index is 353. The molecule has 0 spiro atoms. The zero-order valence-corrected chi connectivity index (χ0v) is 11.1. The zero-order chi connectivity index (χ0) is 12.3. The molecule has 0 aromatic heterocycles. The van der Waals surface area contributed by atoms with Gasteiger partial charge in [0, 0.05) is 24.5 Å². The minimum atomic E-state index is 0.885. The summed E-state index contributed by atoms with van der Waals surface area (Å²) in [5.41, 5.74) is 9.38. The fourth-order valence-electron chi connectivity index (χ4n) is 2.81. The molecular weight excluding hydrogens is 208 g/mol. The predicted molar refractivity (Wildman–Crippen MR) is 75.4 cm³/mol. The Kier molecular flexibility index (Phi) is 3.93. The molecule has 17 heavy (non-hydrogen) atoms. The summed E-state index contributed by atoms with van der Waals surface area (Å²) in [6.07, 6.45) is 5.34. The predicted octanol–water partition coefficient (Wildman–Crippen LogP) is 3.59. The molecule has 1 heterocycles. The van der Waals surface area contributed by atoms with Gasteiger partial charge in [-0.05, 0) is 55.9 Å². The van der Waals surface area contributed by atoms with Gasteiger partial charge in [-0.2, -0.15) is 0 Å². The number of rotatable bonds is 2. The molecule has 1 atom stereocenters. The first-order valence-electron chi connectivity index (χ1n) is 6.81. The Morgan fingerprint density at radius 3 is 2.76 bits per heavy atom. The standard InChI is InChI=1S/C15H24N2/c1-3-13-5-4-7-17(8-6-13)15-10-12(2)9-14(16)11-15/h9-11,13H,3-8,16H2,1-2H3. The van der Waals surface area contributed by atoms with Crippen molar-refractivity contribution in [1.29, 1.82) is 0 Å². The molecule has 2 nitrogen and oxygen atoms in total. The van der Waals surface area contributed by atoms with Crippen LogP contribution in [0.15, 0.2) is 18.2 Å². The van der Waals surface area contributed by atoms with Crippen LogP contribution in [-0.2, 0) is 0 Å². The first kappa shape index (κ1) is 12.3. The van der Waals surface area contributed by atoms with E-state index in [0.29, 0.717) is 0 Å². The third-order valence-electron chi connectivity index (χ3n) is 3.87. The lowest BCUT2D eigenvalue weighted by Crippen LogP contribution is -2.24. The molecule has 1 unspecified atom stereocenters. The number of hydrogen-bond acceptors (Lipinski definition) is 2. The summed E-state index contributed by atoms with van der Waals surface area (Å²) in [4.78, 5) is 2.50. The largest absolute Gasteiger partial charge is 0.399 e. The number of hydrogen-bond donors (Lipinski definition) is 1. The molecule has 94 valence electrons. The minimum absolute atomic E-state index is 0.885. The fraction of sp³-hybridized carbons (Fsp3) is 0.600. The normalized spacial score (nSPS) is 21.3. The summed E-state index contributed by atoms with van der Waals surface area (Å²) < 4.78 is 0. The zero-order valence-electron chi connectivity index (χ0n) is 11.1. The van der Waals surface area contributed by atoms with E-state index in [1.807, 2.05) is 6.07 Å². The van der Waals surface area contributed by atoms with E-state index in [1.54, 1.807) is 0 Å². The van der Waals surface area contributed by atoms with Crippen molar-refractivity contribution in [2.45, 2.75) is 39.5 Å². The number of aryl methyl sites for hydroxylation is 1. The molecule has 0 radical (unpaired) electrons. The summed E-state index contributed by atoms with van der Waals surface area (Å²) in [7, 11) is 0. The van der Waals surface area contributed by atoms with Crippen LogP contribution in [0.4, 0.5) is 11.4 Å². The van der Waals surface area contributed by atoms with Gasteiger partial charge in [-0.3, -0.25) is 0 Å². The molecule has 1 aliphatic rings. The molecular formula is C15H24N2. The van der Waals surface area contributed by atoms with Crippen LogP contribution in [0.25, 0.3) is 0 Å². The van der Waals surface area contributed by atoms with E-state index in [1.165, 1.54) is 50.0 Å². The lowest BCUT2D eigenvalue weighted by Gasteiger charge is -2.23. The number of nitrogens with two attached hydrogens (primary N) is 1. The molecule has 2 rings (SSSR count). The van der Waals surface area contributed by atoms with Gasteiger partial charge in [0.2, 0.25) is 0 Å². The third-order valence-corrected chi connectivity index (χ3v) is 3.87. The van der Waals surface area contributed by atoms with Gasteiger partial charge in [0.15, 0.2) is 0 Å². The van der Waals surface area contributed by atoms with Gasteiger partial charge in [-0.15, -0.1) is 0 Å². The van der Waals surface area contributed by atoms with Crippen LogP contribution < -0.4 is 10.6 Å². The van der Waals surface area contributed by atoms with Gasteiger partial charge < -0.3 is 10.6 Å². The topological polar surface area (TPSA) is 29.3 Å². The highest BCUT2D eigenvalue weighted by molar-refractivity contribution is 5.58. The highest BCUT2D eigenvalue weighted by atomic mass is 15.1. The Labute approximate surface area is 105 Å². The SMILES string of the molecule is CCC1CCCN(c2cc(C)cc(N)c2)CC1. The molecule has 1 fully saturated rings. The molecule has 0 amide bonds. The van der Waals surface area contributed by atoms with Crippen molar-refractivity contribution >= 4 is 11.4 Å². The monoisotopic (exact) mass is 232 g/mol. The summed E-state index contributed by atoms with van der Waals surface area (Å²) in [6.45, 7) is 6.79. The minimum Gasteiger partial charge on any atom is -0.399 e. The highest BCUT2D eigenvalue weighted by Gasteiger charge is 2.16. The smallest absolute Gasteiger partial charge is 0.0389 e. The fourth-order valence-corrected chi connectivity index (χ4v) is 2.81. The number of nitrogens with zero attached hydrogens (tertiary/aromatic N) is 1. The van der Waals surface area contributed by atoms with Crippen LogP contribution in [0.5, 0.6) is 0 Å². The first-order valence-corrected chi connectivity index (χ1v) is 6.81. The second kappa shape index (κ2) is 5.44. The van der Waals surface area contributed by atoms with Crippen molar-refractivity contribution in [2.24, 2.45) is 5.92 Å². The maximum Gasteiger partial charge on any atom is 0.0389 e. The quantitative estimate of drug-likeness (QED) is 0.789. The maximum atomic E-state index is 5.93. The van der Waals surface area contributed by atoms with Gasteiger partial charge in [-0.25, -0.2) is 0 Å². The van der Waals surface area contributed by atoms with Crippen molar-refractivity contribution in [3.63, 3.8) is 0 Å². The second-order valence-electron chi connectivity index (χ2n) is 5.29. The van der Waals surface area contributed by atoms with E-state index in [9.17, 15) is 0 Å². The van der Waals surface area contributed by atoms with Crippen LogP contribution in [0.2, 0.25) is 0 Å². The van der Waals surface area contributed by atoms with Crippen molar-refractivity contribution in [2.75, 3.05) is 23.7 Å². The van der Waals surface area contributed by atoms with E-state index in [0.717, 1.165) is 11.6 Å². The van der Waals surface area contributed by atoms with Crippen molar-refractivity contribution in [3.8, 4) is 0 Å². The van der Waals surface area contributed by atoms with E-state index >= 15 is 0 Å². The van der Waals surface area contributed by atoms with Gasteiger partial charge in [0.05, 0.1) is 0 Å². The molecule has 2 N–H and O–H groups in total. The van der Waals surface area contributed by atoms with E-state index in [-0.39, 0.29) is 0 Å². The number of benzene rings is 1. The second-order valence-corrected chi connectivity index (χ2v) is 5.29. The molecule has 0 saturated carbocycles. The van der Waals surface area contributed by atoms with E-state index in [4.69, 9.17) is 5.73 Å². The van der Waals surface area contributed by atoms with Crippen molar-refractivity contribution in [3.05, 3.63) is 23.8 Å². The number of nitrogen functional groups attached to an aromatic ring is 1. The highest BCUT2D eigenvalue weighted by Crippen LogP contribution is 2.26. The van der Waals surface area contributed by atoms with Crippen LogP contribution in [0.1, 0.15) is 38.2 Å². The van der Waals surface area contributed by atoms with Gasteiger partial charge >= 0.3 is 0 Å². The molecule has 1 aromatic carbocycles. The molecule has 1 aromatic rings. The summed E-state index contributed by atoms with van der Waals surface area (Å²) in [5, 5.41) is 0. The van der Waals surface area contributed by atoms with Crippen LogP contribution in [0, 0.1) is 12.8 Å². The Morgan fingerprint density at radius 2 is 2.06 bits per heavy atom. The molecule has 1 aliphatic heterocycles. The Balaban J connectivity index is 2.11. The van der Waals surface area contributed by atoms with Crippen molar-refractivity contribution < 1.29 is 0 Å². The molecule has 1 saturated heterocycles.